The number of ether oxygens (including phenoxy) is 4. The first-order valence-corrected chi connectivity index (χ1v) is 26.2. The number of carbonyl (C=O) groups is 8. The number of carbonyl (C=O) groups excluding carboxylic acids is 8. The van der Waals surface area contributed by atoms with Gasteiger partial charge in [0.25, 0.3) is 0 Å². The molecule has 5 rings (SSSR count). The van der Waals surface area contributed by atoms with E-state index in [9.17, 15) is 38.4 Å². The quantitative estimate of drug-likeness (QED) is 0.0216. The Kier molecular flexibility index (Phi) is 21.5. The van der Waals surface area contributed by atoms with Gasteiger partial charge in [-0.15, -0.1) is 0 Å². The van der Waals surface area contributed by atoms with Crippen LogP contribution in [0.15, 0.2) is 85.1 Å². The second kappa shape index (κ2) is 27.5. The molecule has 3 aromatic carbocycles. The second-order valence-electron chi connectivity index (χ2n) is 22.1. The zero-order chi connectivity index (χ0) is 57.4. The molecule has 19 nitrogen and oxygen atoms in total. The fourth-order valence-electron chi connectivity index (χ4n) is 8.26. The highest BCUT2D eigenvalue weighted by Gasteiger charge is 2.41. The summed E-state index contributed by atoms with van der Waals surface area (Å²) in [5.41, 5.74) is 1.06. The predicted octanol–water partition coefficient (Wildman–Crippen LogP) is 6.17. The van der Waals surface area contributed by atoms with Crippen molar-refractivity contribution in [1.82, 2.24) is 26.3 Å². The molecule has 4 aromatic rings. The number of unbranched alkanes of at least 4 members (excludes halogenated alkanes) is 3. The lowest BCUT2D eigenvalue weighted by Gasteiger charge is -2.27. The largest absolute Gasteiger partial charge is 0.491 e. The van der Waals surface area contributed by atoms with Crippen LogP contribution in [0.4, 0.5) is 10.2 Å². The molecule has 420 valence electrons. The Bertz CT molecular complexity index is 2770. The summed E-state index contributed by atoms with van der Waals surface area (Å²) in [5.74, 6) is -6.09. The van der Waals surface area contributed by atoms with Gasteiger partial charge in [0.2, 0.25) is 23.6 Å². The van der Waals surface area contributed by atoms with Crippen molar-refractivity contribution in [1.29, 1.82) is 0 Å². The average Bonchev–Trinajstić information content (AvgIpc) is 3.72. The van der Waals surface area contributed by atoms with Crippen LogP contribution in [0, 0.1) is 5.82 Å². The van der Waals surface area contributed by atoms with Crippen molar-refractivity contribution >= 4 is 53.3 Å². The number of anilines is 1. The number of hydrogen-bond acceptors (Lipinski definition) is 14. The number of benzene rings is 3. The molecular weight excluding hydrogens is 1010 g/mol. The summed E-state index contributed by atoms with van der Waals surface area (Å²) in [6, 6.07) is 18.8. The minimum atomic E-state index is -1.70. The highest BCUT2D eigenvalue weighted by Crippen LogP contribution is 2.27. The summed E-state index contributed by atoms with van der Waals surface area (Å²) in [5, 5.41) is 13.3. The van der Waals surface area contributed by atoms with E-state index in [4.69, 9.17) is 23.9 Å². The Balaban J connectivity index is 1.14. The Morgan fingerprint density at radius 1 is 0.654 bits per heavy atom. The number of hydrogen-bond donors (Lipinski definition) is 5. The van der Waals surface area contributed by atoms with E-state index in [1.54, 1.807) is 85.2 Å². The van der Waals surface area contributed by atoms with Gasteiger partial charge in [0.1, 0.15) is 52.5 Å². The Morgan fingerprint density at radius 2 is 1.17 bits per heavy atom. The van der Waals surface area contributed by atoms with Crippen molar-refractivity contribution in [2.24, 2.45) is 0 Å². The van der Waals surface area contributed by atoms with Crippen LogP contribution in [0.25, 0.3) is 11.3 Å². The lowest BCUT2D eigenvalue weighted by Crippen LogP contribution is -2.58. The van der Waals surface area contributed by atoms with E-state index in [1.807, 2.05) is 60.7 Å². The predicted molar refractivity (Wildman–Crippen MR) is 287 cm³/mol. The minimum absolute atomic E-state index is 0.0653. The monoisotopic (exact) mass is 1080 g/mol. The summed E-state index contributed by atoms with van der Waals surface area (Å²) in [7, 11) is 0. The van der Waals surface area contributed by atoms with Crippen LogP contribution < -0.4 is 35.9 Å². The molecule has 0 spiro atoms. The molecule has 0 aliphatic carbocycles. The van der Waals surface area contributed by atoms with Crippen LogP contribution in [0.5, 0.6) is 5.75 Å². The van der Waals surface area contributed by atoms with Gasteiger partial charge in [-0.2, -0.15) is 4.57 Å². The fourth-order valence-corrected chi connectivity index (χ4v) is 8.26. The fraction of sp³-hybridized carbons (Fsp3) is 0.483. The Morgan fingerprint density at radius 3 is 1.69 bits per heavy atom. The van der Waals surface area contributed by atoms with E-state index in [0.717, 1.165) is 18.1 Å². The third kappa shape index (κ3) is 20.3. The van der Waals surface area contributed by atoms with Crippen LogP contribution in [0.2, 0.25) is 0 Å². The Hall–Kier alpha value is -7.77. The number of nitrogens with one attached hydrogen (secondary N) is 5. The highest BCUT2D eigenvalue weighted by molar-refractivity contribution is 5.98. The zero-order valence-electron chi connectivity index (χ0n) is 46.3. The third-order valence-electron chi connectivity index (χ3n) is 11.5. The molecule has 0 saturated carbocycles. The number of fused-ring (bicyclic) bond motifs is 1. The number of halogens is 1. The SMILES string of the molecule is CC(=O)N[C@@H](CC(=O)OC(C)(C)C)C(=O)N[C@@H](CC(=O)OC(C)(C)C)C(=O)N[C@@H](CC(=O)OC(C)(C)C)C(=O)NCCCCCCOc1ccc(CC2Nc3c(Cc4ccccc4)nc(-c4ccccc4)c[n+]3C2=O)cc1F. The lowest BCUT2D eigenvalue weighted by atomic mass is 10.1. The van der Waals surface area contributed by atoms with Gasteiger partial charge in [0, 0.05) is 31.9 Å². The molecule has 1 aliphatic heterocycles. The standard InChI is InChI=1S/C58H74FN7O12/c1-36(67)61-43(33-49(69)77-57(5,6)7)53(72)65-44(34-50(70)78-58(8,9)10)54(73)64-42(32-48(68)76-56(2,3)4)52(71)60-27-19-11-12-20-28-75-47-26-25-38(29-40(47)59)31-45-55(74)66-35-46(39-23-17-14-18-24-39)62-41(51(66)63-45)30-37-21-15-13-16-22-37/h13-18,21-26,29,35,42-45H,11-12,19-20,27-28,30-34H2,1-10H3,(H4,60,61,64,65,67,71,72,73)/p+1/t42-,43-,44-,45?/m0/s1. The molecule has 78 heavy (non-hydrogen) atoms. The normalized spacial score (nSPS) is 14.3. The minimum Gasteiger partial charge on any atom is -0.491 e. The molecule has 4 amide bonds. The second-order valence-corrected chi connectivity index (χ2v) is 22.1. The molecule has 0 radical (unpaired) electrons. The maximum absolute atomic E-state index is 15.5. The maximum atomic E-state index is 15.5. The van der Waals surface area contributed by atoms with Crippen LogP contribution in [-0.2, 0) is 60.6 Å². The van der Waals surface area contributed by atoms with Gasteiger partial charge in [0.15, 0.2) is 17.6 Å². The van der Waals surface area contributed by atoms with Gasteiger partial charge in [-0.1, -0.05) is 79.6 Å². The molecule has 1 unspecified atom stereocenters. The molecular formula is C58H75FN7O12+. The molecule has 4 atom stereocenters. The highest BCUT2D eigenvalue weighted by atomic mass is 19.1. The van der Waals surface area contributed by atoms with Gasteiger partial charge in [-0.3, -0.25) is 38.9 Å². The van der Waals surface area contributed by atoms with Crippen LogP contribution in [-0.4, -0.2) is 107 Å². The number of rotatable bonds is 25. The van der Waals surface area contributed by atoms with Crippen LogP contribution >= 0.6 is 0 Å². The van der Waals surface area contributed by atoms with E-state index >= 15 is 4.39 Å². The molecule has 0 fully saturated rings. The van der Waals surface area contributed by atoms with E-state index in [2.05, 4.69) is 26.6 Å². The first-order valence-electron chi connectivity index (χ1n) is 26.2. The third-order valence-corrected chi connectivity index (χ3v) is 11.5. The summed E-state index contributed by atoms with van der Waals surface area (Å²) >= 11 is 0. The lowest BCUT2D eigenvalue weighted by molar-refractivity contribution is -0.552. The van der Waals surface area contributed by atoms with Crippen LogP contribution in [0.1, 0.15) is 136 Å². The van der Waals surface area contributed by atoms with Crippen molar-refractivity contribution in [3.8, 4) is 17.0 Å². The van der Waals surface area contributed by atoms with Gasteiger partial charge in [-0.25, -0.2) is 14.2 Å². The topological polar surface area (TPSA) is 250 Å². The first kappa shape index (κ1) is 61.1. The van der Waals surface area contributed by atoms with E-state index in [0.29, 0.717) is 54.9 Å². The number of amides is 4. The molecule has 5 N–H and O–H groups in total. The van der Waals surface area contributed by atoms with Crippen molar-refractivity contribution in [2.45, 2.75) is 168 Å². The number of esters is 3. The van der Waals surface area contributed by atoms with Gasteiger partial charge in [-0.05, 0) is 98.4 Å². The summed E-state index contributed by atoms with van der Waals surface area (Å²) in [6.45, 7) is 16.0. The molecule has 1 aromatic heterocycles. The molecule has 0 saturated heterocycles. The Labute approximate surface area is 455 Å². The maximum Gasteiger partial charge on any atom is 0.359 e. The zero-order valence-corrected chi connectivity index (χ0v) is 46.3. The average molecular weight is 1080 g/mol. The molecule has 20 heteroatoms. The summed E-state index contributed by atoms with van der Waals surface area (Å²) < 4.78 is 39.0. The van der Waals surface area contributed by atoms with Gasteiger partial charge in [0.05, 0.1) is 25.9 Å². The van der Waals surface area contributed by atoms with Crippen molar-refractivity contribution < 1.29 is 66.3 Å². The van der Waals surface area contributed by atoms with Crippen molar-refractivity contribution in [3.63, 3.8) is 0 Å². The van der Waals surface area contributed by atoms with Gasteiger partial charge < -0.3 is 40.2 Å². The number of nitrogens with zero attached hydrogens (tertiary/aromatic N) is 2. The first-order chi connectivity index (χ1) is 36.6. The van der Waals surface area contributed by atoms with Crippen LogP contribution in [0.3, 0.4) is 0 Å². The van der Waals surface area contributed by atoms with E-state index in [1.165, 1.54) is 6.07 Å². The van der Waals surface area contributed by atoms with Crippen molar-refractivity contribution in [2.75, 3.05) is 18.5 Å². The smallest absolute Gasteiger partial charge is 0.359 e. The molecule has 2 heterocycles. The molecule has 1 aliphatic rings. The summed E-state index contributed by atoms with van der Waals surface area (Å²) in [6.07, 6.45) is 2.81. The molecule has 0 bridgehead atoms. The van der Waals surface area contributed by atoms with E-state index in [-0.39, 0.29) is 31.2 Å². The number of aromatic nitrogens is 2. The summed E-state index contributed by atoms with van der Waals surface area (Å²) in [4.78, 5) is 111. The van der Waals surface area contributed by atoms with Gasteiger partial charge >= 0.3 is 29.6 Å². The van der Waals surface area contributed by atoms with Crippen molar-refractivity contribution in [3.05, 3.63) is 108 Å². The van der Waals surface area contributed by atoms with E-state index < -0.39 is 108 Å².